The van der Waals surface area contributed by atoms with E-state index in [1.807, 2.05) is 0 Å². The van der Waals surface area contributed by atoms with Crippen molar-refractivity contribution in [1.82, 2.24) is 19.8 Å². The molecule has 0 unspecified atom stereocenters. The number of hydrogen-bond donors (Lipinski definition) is 1. The molecule has 1 saturated carbocycles. The molecule has 0 bridgehead atoms. The number of amides is 1. The lowest BCUT2D eigenvalue weighted by Gasteiger charge is -2.54. The van der Waals surface area contributed by atoms with Crippen LogP contribution in [0.1, 0.15) is 62.7 Å². The average Bonchev–Trinajstić information content (AvgIpc) is 2.94. The second kappa shape index (κ2) is 11.9. The van der Waals surface area contributed by atoms with Crippen LogP contribution in [0.3, 0.4) is 0 Å². The number of piperidine rings is 1. The fourth-order valence-electron chi connectivity index (χ4n) is 6.95. The van der Waals surface area contributed by atoms with Gasteiger partial charge in [-0.25, -0.2) is 23.1 Å². The average molecular weight is 604 g/mol. The van der Waals surface area contributed by atoms with Gasteiger partial charge in [-0.15, -0.1) is 0 Å². The van der Waals surface area contributed by atoms with Crippen LogP contribution in [-0.4, -0.2) is 100 Å². The number of rotatable bonds is 8. The molecule has 1 spiro atoms. The maximum Gasteiger partial charge on any atom is 0.258 e. The van der Waals surface area contributed by atoms with Gasteiger partial charge in [-0.05, 0) is 70.8 Å². The van der Waals surface area contributed by atoms with Gasteiger partial charge < -0.3 is 29.3 Å². The fourth-order valence-corrected chi connectivity index (χ4v) is 6.95. The normalized spacial score (nSPS) is 25.3. The topological polar surface area (TPSA) is 91.3 Å². The van der Waals surface area contributed by atoms with Gasteiger partial charge >= 0.3 is 0 Å². The molecule has 2 aromatic rings. The van der Waals surface area contributed by atoms with Gasteiger partial charge in [0.2, 0.25) is 0 Å². The highest BCUT2D eigenvalue weighted by molar-refractivity contribution is 5.97. The summed E-state index contributed by atoms with van der Waals surface area (Å²) in [6, 6.07) is 2.71. The molecular formula is C31H40F3N5O4. The monoisotopic (exact) mass is 603 g/mol. The van der Waals surface area contributed by atoms with Crippen LogP contribution < -0.4 is 9.64 Å². The van der Waals surface area contributed by atoms with E-state index in [1.54, 1.807) is 13.8 Å². The molecule has 1 aromatic heterocycles. The summed E-state index contributed by atoms with van der Waals surface area (Å²) in [6.45, 7) is 8.44. The minimum Gasteiger partial charge on any atom is -0.451 e. The molecule has 2 atom stereocenters. The molecule has 1 aliphatic carbocycles. The number of nitrogens with zero attached hydrogens (tertiary/aromatic N) is 5. The fraction of sp³-hybridized carbons (Fsp3) is 0.645. The number of carbonyl (C=O) groups is 1. The summed E-state index contributed by atoms with van der Waals surface area (Å²) in [7, 11) is 0. The molecule has 9 nitrogen and oxygen atoms in total. The quantitative estimate of drug-likeness (QED) is 0.472. The Morgan fingerprint density at radius 2 is 1.93 bits per heavy atom. The first-order chi connectivity index (χ1) is 20.5. The Labute approximate surface area is 250 Å². The van der Waals surface area contributed by atoms with E-state index in [-0.39, 0.29) is 35.0 Å². The highest BCUT2D eigenvalue weighted by atomic mass is 19.3. The van der Waals surface area contributed by atoms with Crippen LogP contribution in [0.25, 0.3) is 0 Å². The molecule has 4 heterocycles. The minimum absolute atomic E-state index is 0.0253. The highest BCUT2D eigenvalue weighted by Gasteiger charge is 2.50. The molecule has 234 valence electrons. The molecule has 1 N–H and O–H groups in total. The lowest BCUT2D eigenvalue weighted by molar-refractivity contribution is -0.120. The van der Waals surface area contributed by atoms with Gasteiger partial charge in [0.1, 0.15) is 17.9 Å². The molecule has 3 aliphatic heterocycles. The van der Waals surface area contributed by atoms with Gasteiger partial charge in [0, 0.05) is 50.0 Å². The van der Waals surface area contributed by atoms with Crippen LogP contribution in [0.2, 0.25) is 0 Å². The van der Waals surface area contributed by atoms with Crippen LogP contribution >= 0.6 is 0 Å². The number of halogens is 3. The molecule has 4 fully saturated rings. The molecule has 1 aromatic carbocycles. The summed E-state index contributed by atoms with van der Waals surface area (Å²) in [6.07, 6.45) is 5.80. The van der Waals surface area contributed by atoms with Crippen molar-refractivity contribution in [3.63, 3.8) is 0 Å². The zero-order valence-electron chi connectivity index (χ0n) is 24.7. The SMILES string of the molecule is CC(C)N(C(=O)c1cc(F)ccc1Oc1cncnc1N1CC2(CCN(C[C@@H]3CC[C@@H](O)CO3)CC2)C1)C1CC(F)(F)C1. The number of alkyl halides is 2. The second-order valence-electron chi connectivity index (χ2n) is 13.0. The third-order valence-electron chi connectivity index (χ3n) is 9.38. The molecule has 6 rings (SSSR count). The van der Waals surface area contributed by atoms with E-state index in [1.165, 1.54) is 29.6 Å². The van der Waals surface area contributed by atoms with Crippen molar-refractivity contribution < 1.29 is 32.5 Å². The highest BCUT2D eigenvalue weighted by Crippen LogP contribution is 2.46. The second-order valence-corrected chi connectivity index (χ2v) is 13.0. The smallest absolute Gasteiger partial charge is 0.258 e. The first kappa shape index (κ1) is 30.1. The van der Waals surface area contributed by atoms with Gasteiger partial charge in [0.05, 0.1) is 30.6 Å². The summed E-state index contributed by atoms with van der Waals surface area (Å²) >= 11 is 0. The Kier molecular flexibility index (Phi) is 8.29. The molecule has 0 radical (unpaired) electrons. The lowest BCUT2D eigenvalue weighted by Crippen LogP contribution is -2.61. The van der Waals surface area contributed by atoms with Gasteiger partial charge in [-0.1, -0.05) is 0 Å². The number of aliphatic hydroxyl groups excluding tert-OH is 1. The van der Waals surface area contributed by atoms with E-state index in [4.69, 9.17) is 9.47 Å². The van der Waals surface area contributed by atoms with Gasteiger partial charge in [0.15, 0.2) is 11.6 Å². The van der Waals surface area contributed by atoms with E-state index in [0.717, 1.165) is 64.5 Å². The van der Waals surface area contributed by atoms with Crippen LogP contribution in [0.4, 0.5) is 19.0 Å². The van der Waals surface area contributed by atoms with Crippen LogP contribution in [-0.2, 0) is 4.74 Å². The van der Waals surface area contributed by atoms with E-state index in [0.29, 0.717) is 18.2 Å². The molecule has 1 amide bonds. The van der Waals surface area contributed by atoms with Crippen LogP contribution in [0, 0.1) is 11.2 Å². The van der Waals surface area contributed by atoms with E-state index < -0.39 is 36.5 Å². The summed E-state index contributed by atoms with van der Waals surface area (Å²) in [5.74, 6) is -2.90. The molecule has 43 heavy (non-hydrogen) atoms. The Hall–Kier alpha value is -2.96. The Balaban J connectivity index is 1.11. The lowest BCUT2D eigenvalue weighted by atomic mass is 9.72. The molecule has 3 saturated heterocycles. The van der Waals surface area contributed by atoms with Crippen molar-refractivity contribution in [1.29, 1.82) is 0 Å². The largest absolute Gasteiger partial charge is 0.451 e. The number of likely N-dealkylation sites (tertiary alicyclic amines) is 1. The number of benzene rings is 1. The number of hydrogen-bond acceptors (Lipinski definition) is 8. The Morgan fingerprint density at radius 1 is 1.19 bits per heavy atom. The Bertz CT molecular complexity index is 1300. The number of aliphatic hydroxyl groups is 1. The van der Waals surface area contributed by atoms with E-state index in [9.17, 15) is 23.1 Å². The van der Waals surface area contributed by atoms with Crippen LogP contribution in [0.15, 0.2) is 30.7 Å². The summed E-state index contributed by atoms with van der Waals surface area (Å²) in [5.41, 5.74) is 0.157. The van der Waals surface area contributed by atoms with Gasteiger partial charge in [-0.2, -0.15) is 0 Å². The zero-order valence-corrected chi connectivity index (χ0v) is 24.7. The summed E-state index contributed by atoms with van der Waals surface area (Å²) < 4.78 is 53.7. The van der Waals surface area contributed by atoms with Crippen molar-refractivity contribution in [3.8, 4) is 11.5 Å². The predicted octanol–water partition coefficient (Wildman–Crippen LogP) is 4.50. The first-order valence-electron chi connectivity index (χ1n) is 15.3. The third-order valence-corrected chi connectivity index (χ3v) is 9.38. The molecule has 12 heteroatoms. The van der Waals surface area contributed by atoms with Crippen molar-refractivity contribution in [2.24, 2.45) is 5.41 Å². The van der Waals surface area contributed by atoms with E-state index in [2.05, 4.69) is 19.8 Å². The Morgan fingerprint density at radius 3 is 2.58 bits per heavy atom. The number of aromatic nitrogens is 2. The third kappa shape index (κ3) is 6.46. The van der Waals surface area contributed by atoms with Crippen molar-refractivity contribution in [2.45, 2.75) is 82.6 Å². The van der Waals surface area contributed by atoms with Crippen molar-refractivity contribution in [2.75, 3.05) is 44.2 Å². The standard InChI is InChI=1S/C31H40F3N5O4/c1-20(2)39(22-12-31(33,34)13-22)29(41)25-11-21(32)3-6-26(25)43-27-14-35-19-36-28(27)38-17-30(18-38)7-9-37(10-8-30)15-24-5-4-23(40)16-42-24/h3,6,11,14,19-20,22-24,40H,4-5,7-10,12-13,15-18H2,1-2H3/t23-,24+/m1/s1. The first-order valence-corrected chi connectivity index (χ1v) is 15.3. The summed E-state index contributed by atoms with van der Waals surface area (Å²) in [5, 5.41) is 9.68. The summed E-state index contributed by atoms with van der Waals surface area (Å²) in [4.78, 5) is 28.2. The predicted molar refractivity (Wildman–Crippen MR) is 153 cm³/mol. The van der Waals surface area contributed by atoms with Gasteiger partial charge in [-0.3, -0.25) is 4.79 Å². The maximum absolute atomic E-state index is 14.4. The molecule has 4 aliphatic rings. The minimum atomic E-state index is -2.80. The van der Waals surface area contributed by atoms with Crippen molar-refractivity contribution in [3.05, 3.63) is 42.1 Å². The number of anilines is 1. The maximum atomic E-state index is 14.4. The van der Waals surface area contributed by atoms with E-state index >= 15 is 0 Å². The number of carbonyl (C=O) groups excluding carboxylic acids is 1. The zero-order chi connectivity index (χ0) is 30.4. The van der Waals surface area contributed by atoms with Crippen LogP contribution in [0.5, 0.6) is 11.5 Å². The van der Waals surface area contributed by atoms with Crippen molar-refractivity contribution >= 4 is 11.7 Å². The van der Waals surface area contributed by atoms with Gasteiger partial charge in [0.25, 0.3) is 11.8 Å². The number of ether oxygens (including phenoxy) is 2. The molecular weight excluding hydrogens is 563 g/mol.